The molecule has 1 N–H and O–H groups in total. The first kappa shape index (κ1) is 12.1. The molecule has 2 rings (SSSR count). The number of ether oxygens (including phenoxy) is 1. The van der Waals surface area contributed by atoms with E-state index in [0.717, 1.165) is 11.5 Å². The van der Waals surface area contributed by atoms with Crippen molar-refractivity contribution in [1.82, 2.24) is 4.37 Å². The molecule has 18 heavy (non-hydrogen) atoms. The minimum atomic E-state index is -0.638. The first-order valence-electron chi connectivity index (χ1n) is 5.11. The third-order valence-electron chi connectivity index (χ3n) is 2.14. The number of nitriles is 1. The normalized spacial score (nSPS) is 9.56. The molecule has 90 valence electrons. The summed E-state index contributed by atoms with van der Waals surface area (Å²) >= 11 is 1.06. The molecule has 1 aromatic heterocycles. The molecular weight excluding hydrogens is 250 g/mol. The van der Waals surface area contributed by atoms with Gasteiger partial charge in [0.15, 0.2) is 0 Å². The summed E-state index contributed by atoms with van der Waals surface area (Å²) in [5.74, 6) is 0.440. The summed E-state index contributed by atoms with van der Waals surface area (Å²) in [6.07, 6.45) is -0.638. The van der Waals surface area contributed by atoms with Gasteiger partial charge in [0.05, 0.1) is 5.69 Å². The largest absolute Gasteiger partial charge is 0.417 e. The van der Waals surface area contributed by atoms with Crippen molar-refractivity contribution in [3.63, 3.8) is 0 Å². The first-order chi connectivity index (χ1) is 8.70. The van der Waals surface area contributed by atoms with Gasteiger partial charge in [0, 0.05) is 0 Å². The lowest BCUT2D eigenvalue weighted by Crippen LogP contribution is -2.16. The van der Waals surface area contributed by atoms with Crippen LogP contribution in [0.3, 0.4) is 0 Å². The van der Waals surface area contributed by atoms with Gasteiger partial charge in [-0.05, 0) is 30.6 Å². The monoisotopic (exact) mass is 259 g/mol. The molecule has 0 spiro atoms. The molecule has 1 aromatic carbocycles. The molecule has 6 heteroatoms. The Kier molecular flexibility index (Phi) is 3.55. The second kappa shape index (κ2) is 5.29. The Balaban J connectivity index is 2.06. The molecule has 0 atom stereocenters. The Morgan fingerprint density at radius 3 is 2.83 bits per heavy atom. The first-order valence-corrected chi connectivity index (χ1v) is 5.88. The molecule has 0 bridgehead atoms. The summed E-state index contributed by atoms with van der Waals surface area (Å²) in [5.41, 5.74) is 0.961. The maximum atomic E-state index is 11.6. The number of hydrogen-bond acceptors (Lipinski definition) is 5. The van der Waals surface area contributed by atoms with E-state index in [1.54, 1.807) is 31.2 Å². The van der Waals surface area contributed by atoms with Crippen LogP contribution >= 0.6 is 11.5 Å². The predicted octanol–water partition coefficient (Wildman–Crippen LogP) is 2.93. The van der Waals surface area contributed by atoms with E-state index in [2.05, 4.69) is 9.69 Å². The summed E-state index contributed by atoms with van der Waals surface area (Å²) in [6, 6.07) is 10.7. The molecular formula is C12H9N3O2S. The van der Waals surface area contributed by atoms with Gasteiger partial charge in [-0.2, -0.15) is 9.64 Å². The van der Waals surface area contributed by atoms with Gasteiger partial charge < -0.3 is 4.74 Å². The number of amides is 1. The van der Waals surface area contributed by atoms with Crippen LogP contribution in [-0.4, -0.2) is 10.5 Å². The van der Waals surface area contributed by atoms with Crippen LogP contribution in [0.2, 0.25) is 0 Å². The third-order valence-corrected chi connectivity index (χ3v) is 3.00. The van der Waals surface area contributed by atoms with Crippen LogP contribution in [0.25, 0.3) is 0 Å². The number of para-hydroxylation sites is 1. The lowest BCUT2D eigenvalue weighted by Gasteiger charge is -2.04. The molecule has 0 aliphatic rings. The summed E-state index contributed by atoms with van der Waals surface area (Å²) in [6.45, 7) is 1.71. The number of hydrogen-bond donors (Lipinski definition) is 1. The van der Waals surface area contributed by atoms with Crippen LogP contribution in [0.5, 0.6) is 5.75 Å². The molecule has 1 amide bonds. The van der Waals surface area contributed by atoms with Crippen LogP contribution in [0, 0.1) is 18.3 Å². The highest BCUT2D eigenvalue weighted by atomic mass is 32.1. The molecule has 0 saturated carbocycles. The minimum Gasteiger partial charge on any atom is -0.410 e. The zero-order valence-electron chi connectivity index (χ0n) is 9.51. The van der Waals surface area contributed by atoms with Crippen molar-refractivity contribution in [1.29, 1.82) is 5.26 Å². The summed E-state index contributed by atoms with van der Waals surface area (Å²) in [5, 5.41) is 11.8. The number of rotatable bonds is 2. The minimum absolute atomic E-state index is 0.366. The molecule has 0 saturated heterocycles. The second-order valence-corrected chi connectivity index (χ2v) is 4.18. The molecule has 0 radical (unpaired) electrons. The fraction of sp³-hybridized carbons (Fsp3) is 0.0833. The highest BCUT2D eigenvalue weighted by Gasteiger charge is 2.13. The Bertz CT molecular complexity index is 602. The Hall–Kier alpha value is -2.39. The van der Waals surface area contributed by atoms with E-state index in [-0.39, 0.29) is 0 Å². The van der Waals surface area contributed by atoms with E-state index < -0.39 is 6.09 Å². The van der Waals surface area contributed by atoms with Crippen LogP contribution in [0.15, 0.2) is 30.3 Å². The van der Waals surface area contributed by atoms with E-state index >= 15 is 0 Å². The lowest BCUT2D eigenvalue weighted by atomic mass is 10.3. The van der Waals surface area contributed by atoms with E-state index in [1.165, 1.54) is 0 Å². The number of anilines is 1. The average molecular weight is 259 g/mol. The van der Waals surface area contributed by atoms with Crippen molar-refractivity contribution in [2.24, 2.45) is 0 Å². The van der Waals surface area contributed by atoms with Gasteiger partial charge >= 0.3 is 6.09 Å². The molecule has 5 nitrogen and oxygen atoms in total. The van der Waals surface area contributed by atoms with Crippen molar-refractivity contribution in [3.8, 4) is 11.8 Å². The van der Waals surface area contributed by atoms with Gasteiger partial charge in [0.1, 0.15) is 22.4 Å². The Morgan fingerprint density at radius 1 is 1.44 bits per heavy atom. The van der Waals surface area contributed by atoms with E-state index in [0.29, 0.717) is 22.0 Å². The quantitative estimate of drug-likeness (QED) is 0.899. The van der Waals surface area contributed by atoms with Crippen molar-refractivity contribution in [2.75, 3.05) is 5.32 Å². The van der Waals surface area contributed by atoms with Crippen molar-refractivity contribution in [2.45, 2.75) is 6.92 Å². The average Bonchev–Trinajstić information content (AvgIpc) is 2.71. The fourth-order valence-corrected chi connectivity index (χ4v) is 2.03. The molecule has 2 aromatic rings. The SMILES string of the molecule is Cc1nsc(NC(=O)Oc2ccccc2)c1C#N. The third kappa shape index (κ3) is 2.64. The van der Waals surface area contributed by atoms with Gasteiger partial charge in [-0.25, -0.2) is 4.79 Å². The van der Waals surface area contributed by atoms with Gasteiger partial charge in [-0.3, -0.25) is 5.32 Å². The van der Waals surface area contributed by atoms with Crippen molar-refractivity contribution >= 4 is 22.6 Å². The number of benzene rings is 1. The highest BCUT2D eigenvalue weighted by molar-refractivity contribution is 7.10. The van der Waals surface area contributed by atoms with Gasteiger partial charge in [0.2, 0.25) is 0 Å². The number of nitrogens with zero attached hydrogens (tertiary/aromatic N) is 2. The maximum absolute atomic E-state index is 11.6. The Morgan fingerprint density at radius 2 is 2.17 bits per heavy atom. The highest BCUT2D eigenvalue weighted by Crippen LogP contribution is 2.23. The molecule has 0 fully saturated rings. The predicted molar refractivity (Wildman–Crippen MR) is 67.7 cm³/mol. The number of carbonyl (C=O) groups excluding carboxylic acids is 1. The van der Waals surface area contributed by atoms with Crippen molar-refractivity contribution < 1.29 is 9.53 Å². The zero-order chi connectivity index (χ0) is 13.0. The molecule has 0 aliphatic heterocycles. The van der Waals surface area contributed by atoms with Gasteiger partial charge in [-0.1, -0.05) is 18.2 Å². The second-order valence-electron chi connectivity index (χ2n) is 3.41. The number of nitrogens with one attached hydrogen (secondary N) is 1. The van der Waals surface area contributed by atoms with E-state index in [4.69, 9.17) is 10.00 Å². The van der Waals surface area contributed by atoms with Gasteiger partial charge in [0.25, 0.3) is 0 Å². The maximum Gasteiger partial charge on any atom is 0.417 e. The zero-order valence-corrected chi connectivity index (χ0v) is 10.3. The fourth-order valence-electron chi connectivity index (χ4n) is 1.30. The smallest absolute Gasteiger partial charge is 0.410 e. The summed E-state index contributed by atoms with van der Waals surface area (Å²) in [7, 11) is 0. The molecule has 0 aliphatic carbocycles. The van der Waals surface area contributed by atoms with Crippen molar-refractivity contribution in [3.05, 3.63) is 41.6 Å². The lowest BCUT2D eigenvalue weighted by molar-refractivity contribution is 0.215. The number of carbonyl (C=O) groups is 1. The molecule has 1 heterocycles. The standard InChI is InChI=1S/C12H9N3O2S/c1-8-10(7-13)11(18-15-8)14-12(16)17-9-5-3-2-4-6-9/h2-6H,1H3,(H,14,16). The van der Waals surface area contributed by atoms with E-state index in [1.807, 2.05) is 12.1 Å². The van der Waals surface area contributed by atoms with Crippen LogP contribution < -0.4 is 10.1 Å². The Labute approximate surface area is 108 Å². The van der Waals surface area contributed by atoms with Gasteiger partial charge in [-0.15, -0.1) is 0 Å². The summed E-state index contributed by atoms with van der Waals surface area (Å²) in [4.78, 5) is 11.6. The van der Waals surface area contributed by atoms with Crippen LogP contribution in [0.1, 0.15) is 11.3 Å². The molecule has 0 unspecified atom stereocenters. The summed E-state index contributed by atoms with van der Waals surface area (Å²) < 4.78 is 9.04. The number of aromatic nitrogens is 1. The number of aryl methyl sites for hydroxylation is 1. The van der Waals surface area contributed by atoms with E-state index in [9.17, 15) is 4.79 Å². The van der Waals surface area contributed by atoms with Crippen LogP contribution in [0.4, 0.5) is 9.80 Å². The van der Waals surface area contributed by atoms with Crippen LogP contribution in [-0.2, 0) is 0 Å². The topological polar surface area (TPSA) is 75.0 Å².